The van der Waals surface area contributed by atoms with Gasteiger partial charge in [0.2, 0.25) is 0 Å². The third-order valence-corrected chi connectivity index (χ3v) is 6.39. The van der Waals surface area contributed by atoms with E-state index in [1.165, 1.54) is 54.9 Å². The van der Waals surface area contributed by atoms with Gasteiger partial charge < -0.3 is 0 Å². The van der Waals surface area contributed by atoms with Gasteiger partial charge in [-0.05, 0) is 81.1 Å². The average Bonchev–Trinajstić information content (AvgIpc) is 2.91. The molecule has 0 unspecified atom stereocenters. The molecule has 0 heteroatoms. The van der Waals surface area contributed by atoms with Crippen LogP contribution in [0.25, 0.3) is 38.2 Å². The molecule has 0 aliphatic carbocycles. The molecule has 0 spiro atoms. The molecule has 4 aromatic carbocycles. The molecule has 0 amide bonds. The predicted octanol–water partition coefficient (Wildman–Crippen LogP) is 11.1. The van der Waals surface area contributed by atoms with Crippen molar-refractivity contribution in [1.29, 1.82) is 0 Å². The van der Waals surface area contributed by atoms with Crippen molar-refractivity contribution < 1.29 is 0 Å². The first-order valence-electron chi connectivity index (χ1n) is 13.3. The zero-order chi connectivity index (χ0) is 25.2. The Morgan fingerprint density at radius 1 is 0.657 bits per heavy atom. The Balaban J connectivity index is 0.00000167. The summed E-state index contributed by atoms with van der Waals surface area (Å²) in [6.07, 6.45) is 12.3. The largest absolute Gasteiger partial charge is 0.0845 e. The molecule has 35 heavy (non-hydrogen) atoms. The molecule has 0 heterocycles. The van der Waals surface area contributed by atoms with Gasteiger partial charge in [-0.25, -0.2) is 0 Å². The second-order valence-corrected chi connectivity index (χ2v) is 8.57. The lowest BCUT2D eigenvalue weighted by Crippen LogP contribution is -1.96. The SMILES string of the molecule is CC.CC\C=C/C(CC)=C(/C=C\CC)c1c2ccccc2c(-c2ccccc2)c2c(C)cccc12. The summed E-state index contributed by atoms with van der Waals surface area (Å²) < 4.78 is 0. The Bertz CT molecular complexity index is 1350. The maximum absolute atomic E-state index is 2.35. The van der Waals surface area contributed by atoms with E-state index >= 15 is 0 Å². The summed E-state index contributed by atoms with van der Waals surface area (Å²) in [7, 11) is 0. The third-order valence-electron chi connectivity index (χ3n) is 6.39. The fraction of sp³-hybridized carbons (Fsp3) is 0.257. The summed E-state index contributed by atoms with van der Waals surface area (Å²) >= 11 is 0. The Hall–Kier alpha value is -3.38. The zero-order valence-electron chi connectivity index (χ0n) is 22.4. The molecule has 0 N–H and O–H groups in total. The van der Waals surface area contributed by atoms with Crippen LogP contribution in [0, 0.1) is 6.92 Å². The van der Waals surface area contributed by atoms with Gasteiger partial charge in [-0.2, -0.15) is 0 Å². The van der Waals surface area contributed by atoms with Gasteiger partial charge in [0, 0.05) is 0 Å². The minimum atomic E-state index is 1.00. The minimum Gasteiger partial charge on any atom is -0.0845 e. The number of rotatable bonds is 7. The van der Waals surface area contributed by atoms with Crippen LogP contribution in [0.3, 0.4) is 0 Å². The summed E-state index contributed by atoms with van der Waals surface area (Å²) in [6, 6.07) is 26.6. The van der Waals surface area contributed by atoms with Crippen molar-refractivity contribution in [3.05, 3.63) is 114 Å². The van der Waals surface area contributed by atoms with Crippen molar-refractivity contribution in [1.82, 2.24) is 0 Å². The fourth-order valence-electron chi connectivity index (χ4n) is 4.85. The van der Waals surface area contributed by atoms with Crippen molar-refractivity contribution in [2.45, 2.75) is 60.8 Å². The first kappa shape index (κ1) is 26.2. The lowest BCUT2D eigenvalue weighted by atomic mass is 9.82. The summed E-state index contributed by atoms with van der Waals surface area (Å²) in [5.74, 6) is 0. The maximum atomic E-state index is 2.35. The van der Waals surface area contributed by atoms with Crippen LogP contribution in [-0.2, 0) is 0 Å². The standard InChI is InChI=1S/C33H34.C2H6/c1-5-8-17-25(7-3)27(20-9-6-2)33-29-22-14-13-21-28(29)32(26-18-11-10-12-19-26)31-24(4)16-15-23-30(31)33;1-2/h8-23H,5-7H2,1-4H3;1-2H3/b17-8-,20-9-,27-25-;. The predicted molar refractivity (Wildman–Crippen MR) is 159 cm³/mol. The summed E-state index contributed by atoms with van der Waals surface area (Å²) in [6.45, 7) is 12.9. The molecule has 4 aromatic rings. The molecule has 4 rings (SSSR count). The molecule has 0 aromatic heterocycles. The highest BCUT2D eigenvalue weighted by Crippen LogP contribution is 2.44. The molecular formula is C35H40. The first-order chi connectivity index (χ1) is 17.2. The van der Waals surface area contributed by atoms with Crippen molar-refractivity contribution in [2.24, 2.45) is 0 Å². The summed E-state index contributed by atoms with van der Waals surface area (Å²) in [5, 5.41) is 5.33. The van der Waals surface area contributed by atoms with Crippen LogP contribution in [0.2, 0.25) is 0 Å². The number of hydrogen-bond acceptors (Lipinski definition) is 0. The molecule has 0 radical (unpaired) electrons. The average molecular weight is 461 g/mol. The summed E-state index contributed by atoms with van der Waals surface area (Å²) in [5.41, 5.74) is 8.02. The van der Waals surface area contributed by atoms with E-state index in [1.807, 2.05) is 13.8 Å². The quantitative estimate of drug-likeness (QED) is 0.190. The number of fused-ring (bicyclic) bond motifs is 2. The Morgan fingerprint density at radius 2 is 1.26 bits per heavy atom. The molecule has 0 fully saturated rings. The highest BCUT2D eigenvalue weighted by molar-refractivity contribution is 6.20. The van der Waals surface area contributed by atoms with Gasteiger partial charge in [-0.1, -0.05) is 132 Å². The normalized spacial score (nSPS) is 12.3. The molecular weight excluding hydrogens is 420 g/mol. The Labute approximate surface area is 212 Å². The van der Waals surface area contributed by atoms with Crippen LogP contribution in [0.5, 0.6) is 0 Å². The number of allylic oxidation sites excluding steroid dienone is 6. The van der Waals surface area contributed by atoms with E-state index in [2.05, 4.69) is 125 Å². The third kappa shape index (κ3) is 5.49. The Kier molecular flexibility index (Phi) is 9.67. The van der Waals surface area contributed by atoms with Crippen molar-refractivity contribution in [2.75, 3.05) is 0 Å². The van der Waals surface area contributed by atoms with Crippen molar-refractivity contribution >= 4 is 27.1 Å². The summed E-state index contributed by atoms with van der Waals surface area (Å²) in [4.78, 5) is 0. The van der Waals surface area contributed by atoms with Crippen LogP contribution < -0.4 is 0 Å². The monoisotopic (exact) mass is 460 g/mol. The minimum absolute atomic E-state index is 1.00. The van der Waals surface area contributed by atoms with E-state index in [-0.39, 0.29) is 0 Å². The van der Waals surface area contributed by atoms with E-state index in [9.17, 15) is 0 Å². The fourth-order valence-corrected chi connectivity index (χ4v) is 4.85. The molecule has 0 aliphatic heterocycles. The van der Waals surface area contributed by atoms with Crippen LogP contribution in [-0.4, -0.2) is 0 Å². The molecule has 0 atom stereocenters. The van der Waals surface area contributed by atoms with E-state index in [0.29, 0.717) is 0 Å². The van der Waals surface area contributed by atoms with Gasteiger partial charge in [0.25, 0.3) is 0 Å². The second kappa shape index (κ2) is 12.9. The van der Waals surface area contributed by atoms with Crippen molar-refractivity contribution in [3.8, 4) is 11.1 Å². The van der Waals surface area contributed by atoms with Crippen LogP contribution in [0.1, 0.15) is 65.0 Å². The van der Waals surface area contributed by atoms with Crippen LogP contribution in [0.15, 0.2) is 103 Å². The van der Waals surface area contributed by atoms with Crippen LogP contribution in [0.4, 0.5) is 0 Å². The zero-order valence-corrected chi connectivity index (χ0v) is 22.4. The van der Waals surface area contributed by atoms with Gasteiger partial charge in [0.05, 0.1) is 0 Å². The van der Waals surface area contributed by atoms with Crippen molar-refractivity contribution in [3.63, 3.8) is 0 Å². The van der Waals surface area contributed by atoms with Gasteiger partial charge in [0.1, 0.15) is 0 Å². The van der Waals surface area contributed by atoms with Gasteiger partial charge >= 0.3 is 0 Å². The lowest BCUT2D eigenvalue weighted by molar-refractivity contribution is 1.14. The van der Waals surface area contributed by atoms with E-state index in [4.69, 9.17) is 0 Å². The molecule has 0 bridgehead atoms. The maximum Gasteiger partial charge on any atom is -0.00236 e. The van der Waals surface area contributed by atoms with Gasteiger partial charge in [-0.15, -0.1) is 0 Å². The second-order valence-electron chi connectivity index (χ2n) is 8.57. The molecule has 0 saturated heterocycles. The molecule has 180 valence electrons. The van der Waals surface area contributed by atoms with E-state index in [1.54, 1.807) is 0 Å². The lowest BCUT2D eigenvalue weighted by Gasteiger charge is -2.21. The van der Waals surface area contributed by atoms with Gasteiger partial charge in [0.15, 0.2) is 0 Å². The number of hydrogen-bond donors (Lipinski definition) is 0. The number of benzene rings is 4. The highest BCUT2D eigenvalue weighted by atomic mass is 14.2. The smallest absolute Gasteiger partial charge is 0.00236 e. The van der Waals surface area contributed by atoms with Gasteiger partial charge in [-0.3, -0.25) is 0 Å². The van der Waals surface area contributed by atoms with E-state index < -0.39 is 0 Å². The Morgan fingerprint density at radius 3 is 1.91 bits per heavy atom. The number of aryl methyl sites for hydroxylation is 1. The van der Waals surface area contributed by atoms with Crippen LogP contribution >= 0.6 is 0 Å². The molecule has 0 nitrogen and oxygen atoms in total. The molecule has 0 aliphatic rings. The molecule has 0 saturated carbocycles. The first-order valence-corrected chi connectivity index (χ1v) is 13.3. The van der Waals surface area contributed by atoms with E-state index in [0.717, 1.165) is 19.3 Å². The topological polar surface area (TPSA) is 0 Å². The highest BCUT2D eigenvalue weighted by Gasteiger charge is 2.19.